The Balaban J connectivity index is 2.03. The van der Waals surface area contributed by atoms with E-state index in [4.69, 9.17) is 16.3 Å². The molecule has 5 nitrogen and oxygen atoms in total. The second-order valence-corrected chi connectivity index (χ2v) is 4.29. The van der Waals surface area contributed by atoms with Gasteiger partial charge in [0.1, 0.15) is 18.7 Å². The number of hydrogen-bond donors (Lipinski definition) is 1. The SMILES string of the molecule is CNCc1ccc(OCc2ncnn2C)c(Cl)c1. The summed E-state index contributed by atoms with van der Waals surface area (Å²) in [7, 11) is 3.72. The predicted octanol–water partition coefficient (Wildman–Crippen LogP) is 1.77. The Hall–Kier alpha value is -1.59. The number of halogens is 1. The number of nitrogens with zero attached hydrogens (tertiary/aromatic N) is 3. The summed E-state index contributed by atoms with van der Waals surface area (Å²) in [4.78, 5) is 4.08. The van der Waals surface area contributed by atoms with Crippen LogP contribution in [0.3, 0.4) is 0 Å². The van der Waals surface area contributed by atoms with Crippen molar-refractivity contribution < 1.29 is 4.74 Å². The highest BCUT2D eigenvalue weighted by atomic mass is 35.5. The number of nitrogens with one attached hydrogen (secondary N) is 1. The zero-order chi connectivity index (χ0) is 13.0. The molecule has 0 aliphatic heterocycles. The van der Waals surface area contributed by atoms with Crippen molar-refractivity contribution in [1.29, 1.82) is 0 Å². The summed E-state index contributed by atoms with van der Waals surface area (Å²) in [5.41, 5.74) is 1.12. The Labute approximate surface area is 111 Å². The topological polar surface area (TPSA) is 52.0 Å². The fourth-order valence-corrected chi connectivity index (χ4v) is 1.83. The van der Waals surface area contributed by atoms with Gasteiger partial charge in [-0.3, -0.25) is 4.68 Å². The van der Waals surface area contributed by atoms with Gasteiger partial charge >= 0.3 is 0 Å². The minimum Gasteiger partial charge on any atom is -0.484 e. The fraction of sp³-hybridized carbons (Fsp3) is 0.333. The molecule has 1 N–H and O–H groups in total. The highest BCUT2D eigenvalue weighted by Gasteiger charge is 2.06. The number of aromatic nitrogens is 3. The van der Waals surface area contributed by atoms with Crippen LogP contribution < -0.4 is 10.1 Å². The normalized spacial score (nSPS) is 10.6. The maximum absolute atomic E-state index is 6.15. The first-order valence-corrected chi connectivity index (χ1v) is 5.97. The molecule has 0 amide bonds. The molecule has 0 unspecified atom stereocenters. The molecule has 0 saturated heterocycles. The molecule has 2 aromatic rings. The van der Waals surface area contributed by atoms with E-state index >= 15 is 0 Å². The van der Waals surface area contributed by atoms with Crippen LogP contribution in [0, 0.1) is 0 Å². The van der Waals surface area contributed by atoms with Gasteiger partial charge in [-0.1, -0.05) is 17.7 Å². The fourth-order valence-electron chi connectivity index (χ4n) is 1.57. The van der Waals surface area contributed by atoms with Crippen LogP contribution in [0.5, 0.6) is 5.75 Å². The first-order chi connectivity index (χ1) is 8.70. The number of hydrogen-bond acceptors (Lipinski definition) is 4. The maximum atomic E-state index is 6.15. The second-order valence-electron chi connectivity index (χ2n) is 3.88. The van der Waals surface area contributed by atoms with Crippen molar-refractivity contribution in [3.05, 3.63) is 40.9 Å². The van der Waals surface area contributed by atoms with Gasteiger partial charge in [0.2, 0.25) is 0 Å². The lowest BCUT2D eigenvalue weighted by molar-refractivity contribution is 0.290. The number of rotatable bonds is 5. The molecule has 2 rings (SSSR count). The van der Waals surface area contributed by atoms with Crippen LogP contribution in [-0.2, 0) is 20.2 Å². The van der Waals surface area contributed by atoms with Crippen LogP contribution >= 0.6 is 11.6 Å². The van der Waals surface area contributed by atoms with E-state index in [0.717, 1.165) is 17.9 Å². The molecule has 0 aliphatic rings. The molecule has 0 spiro atoms. The van der Waals surface area contributed by atoms with Crippen LogP contribution in [0.1, 0.15) is 11.4 Å². The molecular formula is C12H15ClN4O. The van der Waals surface area contributed by atoms with E-state index in [0.29, 0.717) is 17.4 Å². The van der Waals surface area contributed by atoms with Gasteiger partial charge in [-0.05, 0) is 24.7 Å². The summed E-state index contributed by atoms with van der Waals surface area (Å²) < 4.78 is 7.29. The van der Waals surface area contributed by atoms with Crippen molar-refractivity contribution in [2.24, 2.45) is 7.05 Å². The van der Waals surface area contributed by atoms with E-state index in [1.807, 2.05) is 32.3 Å². The largest absolute Gasteiger partial charge is 0.484 e. The summed E-state index contributed by atoms with van der Waals surface area (Å²) in [5.74, 6) is 1.41. The van der Waals surface area contributed by atoms with E-state index in [-0.39, 0.29) is 0 Å². The molecule has 0 aliphatic carbocycles. The van der Waals surface area contributed by atoms with Crippen LogP contribution in [0.2, 0.25) is 5.02 Å². The lowest BCUT2D eigenvalue weighted by Crippen LogP contribution is -2.06. The van der Waals surface area contributed by atoms with Gasteiger partial charge in [-0.15, -0.1) is 0 Å². The van der Waals surface area contributed by atoms with Gasteiger partial charge in [0, 0.05) is 13.6 Å². The average Bonchev–Trinajstić information content (AvgIpc) is 2.74. The Morgan fingerprint density at radius 1 is 1.44 bits per heavy atom. The molecular weight excluding hydrogens is 252 g/mol. The lowest BCUT2D eigenvalue weighted by atomic mass is 10.2. The van der Waals surface area contributed by atoms with Crippen molar-refractivity contribution in [2.45, 2.75) is 13.2 Å². The van der Waals surface area contributed by atoms with E-state index in [9.17, 15) is 0 Å². The highest BCUT2D eigenvalue weighted by molar-refractivity contribution is 6.32. The smallest absolute Gasteiger partial charge is 0.164 e. The average molecular weight is 267 g/mol. The molecule has 0 atom stereocenters. The van der Waals surface area contributed by atoms with E-state index < -0.39 is 0 Å². The van der Waals surface area contributed by atoms with Crippen LogP contribution in [0.15, 0.2) is 24.5 Å². The van der Waals surface area contributed by atoms with E-state index in [2.05, 4.69) is 15.4 Å². The summed E-state index contributed by atoms with van der Waals surface area (Å²) in [6.07, 6.45) is 1.50. The first-order valence-electron chi connectivity index (χ1n) is 5.59. The molecule has 96 valence electrons. The lowest BCUT2D eigenvalue weighted by Gasteiger charge is -2.09. The zero-order valence-electron chi connectivity index (χ0n) is 10.4. The molecule has 0 radical (unpaired) electrons. The van der Waals surface area contributed by atoms with Crippen molar-refractivity contribution in [1.82, 2.24) is 20.1 Å². The summed E-state index contributed by atoms with van der Waals surface area (Å²) in [5, 5.41) is 7.65. The third-order valence-electron chi connectivity index (χ3n) is 2.54. The van der Waals surface area contributed by atoms with Gasteiger partial charge in [0.05, 0.1) is 5.02 Å². The monoisotopic (exact) mass is 266 g/mol. The molecule has 1 aromatic carbocycles. The highest BCUT2D eigenvalue weighted by Crippen LogP contribution is 2.26. The Morgan fingerprint density at radius 3 is 2.89 bits per heavy atom. The molecule has 1 heterocycles. The Morgan fingerprint density at radius 2 is 2.28 bits per heavy atom. The standard InChI is InChI=1S/C12H15ClN4O/c1-14-6-9-3-4-11(10(13)5-9)18-7-12-15-8-16-17(12)2/h3-5,8,14H,6-7H2,1-2H3. The van der Waals surface area contributed by atoms with Crippen LogP contribution in [0.25, 0.3) is 0 Å². The van der Waals surface area contributed by atoms with E-state index in [1.54, 1.807) is 4.68 Å². The first kappa shape index (κ1) is 12.9. The summed E-state index contributed by atoms with van der Waals surface area (Å²) >= 11 is 6.15. The van der Waals surface area contributed by atoms with Gasteiger partial charge in [0.25, 0.3) is 0 Å². The predicted molar refractivity (Wildman–Crippen MR) is 69.6 cm³/mol. The van der Waals surface area contributed by atoms with Crippen molar-refractivity contribution in [3.8, 4) is 5.75 Å². The van der Waals surface area contributed by atoms with Gasteiger partial charge in [-0.2, -0.15) is 5.10 Å². The van der Waals surface area contributed by atoms with Crippen molar-refractivity contribution in [2.75, 3.05) is 7.05 Å². The maximum Gasteiger partial charge on any atom is 0.164 e. The molecule has 0 bridgehead atoms. The third-order valence-corrected chi connectivity index (χ3v) is 2.83. The Kier molecular flexibility index (Phi) is 4.17. The second kappa shape index (κ2) is 5.84. The minimum atomic E-state index is 0.349. The number of aryl methyl sites for hydroxylation is 1. The number of ether oxygens (including phenoxy) is 1. The quantitative estimate of drug-likeness (QED) is 0.896. The van der Waals surface area contributed by atoms with Crippen LogP contribution in [-0.4, -0.2) is 21.8 Å². The molecule has 0 saturated carbocycles. The van der Waals surface area contributed by atoms with Crippen molar-refractivity contribution in [3.63, 3.8) is 0 Å². The van der Waals surface area contributed by atoms with Crippen LogP contribution in [0.4, 0.5) is 0 Å². The molecule has 18 heavy (non-hydrogen) atoms. The minimum absolute atomic E-state index is 0.349. The summed E-state index contributed by atoms with van der Waals surface area (Å²) in [6.45, 7) is 1.13. The van der Waals surface area contributed by atoms with E-state index in [1.165, 1.54) is 6.33 Å². The van der Waals surface area contributed by atoms with Gasteiger partial charge < -0.3 is 10.1 Å². The third kappa shape index (κ3) is 3.00. The zero-order valence-corrected chi connectivity index (χ0v) is 11.1. The summed E-state index contributed by atoms with van der Waals surface area (Å²) in [6, 6.07) is 5.74. The van der Waals surface area contributed by atoms with Gasteiger partial charge in [0.15, 0.2) is 5.82 Å². The molecule has 6 heteroatoms. The van der Waals surface area contributed by atoms with Crippen molar-refractivity contribution >= 4 is 11.6 Å². The Bertz CT molecular complexity index is 527. The molecule has 1 aromatic heterocycles. The van der Waals surface area contributed by atoms with Gasteiger partial charge in [-0.25, -0.2) is 4.98 Å². The number of benzene rings is 1. The molecule has 0 fully saturated rings.